The molecule has 0 fully saturated rings. The Hall–Kier alpha value is -0.0800. The van der Waals surface area contributed by atoms with Crippen LogP contribution in [0, 0.1) is 0 Å². The Bertz CT molecular complexity index is 54.5. The molecule has 0 saturated heterocycles. The van der Waals surface area contributed by atoms with Crippen LogP contribution >= 0.6 is 0 Å². The zero-order chi connectivity index (χ0) is 6.57. The predicted octanol–water partition coefficient (Wildman–Crippen LogP) is 1.08. The third kappa shape index (κ3) is 4.09. The molecule has 0 aliphatic carbocycles. The third-order valence-corrected chi connectivity index (χ3v) is 0.792. The standard InChI is InChI=1S/C6H14NO/c1-5(2)8-6(3)4-7/h5-7H,4H2,1-3H3. The van der Waals surface area contributed by atoms with Crippen molar-refractivity contribution in [2.75, 3.05) is 6.54 Å². The lowest BCUT2D eigenvalue weighted by atomic mass is 10.4. The zero-order valence-corrected chi connectivity index (χ0v) is 5.77. The largest absolute Gasteiger partial charge is 0.374 e. The number of nitrogens with one attached hydrogen (secondary N) is 1. The van der Waals surface area contributed by atoms with Crippen molar-refractivity contribution in [1.82, 2.24) is 5.73 Å². The van der Waals surface area contributed by atoms with E-state index in [1.165, 1.54) is 0 Å². The van der Waals surface area contributed by atoms with Crippen LogP contribution in [0.2, 0.25) is 0 Å². The lowest BCUT2D eigenvalue weighted by molar-refractivity contribution is 0.0234. The van der Waals surface area contributed by atoms with Gasteiger partial charge in [-0.1, -0.05) is 0 Å². The molecule has 0 rings (SSSR count). The Morgan fingerprint density at radius 2 is 1.88 bits per heavy atom. The van der Waals surface area contributed by atoms with Crippen molar-refractivity contribution in [1.29, 1.82) is 0 Å². The molecule has 0 bridgehead atoms. The molecule has 0 spiro atoms. The average molecular weight is 116 g/mol. The summed E-state index contributed by atoms with van der Waals surface area (Å²) >= 11 is 0. The summed E-state index contributed by atoms with van der Waals surface area (Å²) in [6.07, 6.45) is 0.352. The van der Waals surface area contributed by atoms with Gasteiger partial charge in [-0.05, 0) is 20.8 Å². The van der Waals surface area contributed by atoms with Gasteiger partial charge in [0.1, 0.15) is 0 Å². The lowest BCUT2D eigenvalue weighted by Crippen LogP contribution is -2.18. The van der Waals surface area contributed by atoms with E-state index in [0.29, 0.717) is 6.54 Å². The van der Waals surface area contributed by atoms with Gasteiger partial charge in [0.25, 0.3) is 0 Å². The highest BCUT2D eigenvalue weighted by Gasteiger charge is 1.99. The fourth-order valence-electron chi connectivity index (χ4n) is 0.513. The molecular formula is C6H14NO. The van der Waals surface area contributed by atoms with Crippen molar-refractivity contribution < 1.29 is 4.74 Å². The summed E-state index contributed by atoms with van der Waals surface area (Å²) in [6, 6.07) is 0. The van der Waals surface area contributed by atoms with Crippen molar-refractivity contribution in [3.8, 4) is 0 Å². The first-order chi connectivity index (χ1) is 3.66. The predicted molar refractivity (Wildman–Crippen MR) is 33.6 cm³/mol. The quantitative estimate of drug-likeness (QED) is 0.543. The monoisotopic (exact) mass is 116 g/mol. The van der Waals surface area contributed by atoms with Gasteiger partial charge in [0.2, 0.25) is 0 Å². The van der Waals surface area contributed by atoms with Crippen LogP contribution in [0.5, 0.6) is 0 Å². The van der Waals surface area contributed by atoms with Crippen molar-refractivity contribution in [2.45, 2.75) is 33.0 Å². The minimum atomic E-state index is 0.0926. The summed E-state index contributed by atoms with van der Waals surface area (Å²) in [5, 5.41) is 0. The van der Waals surface area contributed by atoms with Crippen LogP contribution in [-0.2, 0) is 4.74 Å². The number of hydrogen-bond acceptors (Lipinski definition) is 1. The molecular weight excluding hydrogens is 102 g/mol. The molecule has 49 valence electrons. The summed E-state index contributed by atoms with van der Waals surface area (Å²) in [5.41, 5.74) is 6.88. The van der Waals surface area contributed by atoms with Crippen molar-refractivity contribution in [3.05, 3.63) is 0 Å². The molecule has 0 saturated carbocycles. The van der Waals surface area contributed by atoms with Crippen LogP contribution in [0.15, 0.2) is 0 Å². The maximum atomic E-state index is 6.88. The molecule has 2 nitrogen and oxygen atoms in total. The van der Waals surface area contributed by atoms with E-state index in [9.17, 15) is 0 Å². The zero-order valence-electron chi connectivity index (χ0n) is 5.77. The van der Waals surface area contributed by atoms with E-state index in [1.54, 1.807) is 0 Å². The number of ether oxygens (including phenoxy) is 1. The minimum absolute atomic E-state index is 0.0926. The molecule has 0 amide bonds. The fourth-order valence-corrected chi connectivity index (χ4v) is 0.513. The van der Waals surface area contributed by atoms with E-state index in [-0.39, 0.29) is 12.2 Å². The second-order valence-corrected chi connectivity index (χ2v) is 2.20. The molecule has 1 N–H and O–H groups in total. The SMILES string of the molecule is CC(C)OC(C)C[NH]. The highest BCUT2D eigenvalue weighted by Crippen LogP contribution is 1.93. The first-order valence-electron chi connectivity index (χ1n) is 2.97. The van der Waals surface area contributed by atoms with Crippen LogP contribution < -0.4 is 5.73 Å². The number of hydrogen-bond donors (Lipinski definition) is 0. The maximum absolute atomic E-state index is 6.88. The van der Waals surface area contributed by atoms with Gasteiger partial charge >= 0.3 is 0 Å². The first kappa shape index (κ1) is 7.92. The van der Waals surface area contributed by atoms with Gasteiger partial charge in [-0.2, -0.15) is 0 Å². The van der Waals surface area contributed by atoms with Gasteiger partial charge in [-0.25, -0.2) is 0 Å². The normalized spacial score (nSPS) is 14.6. The van der Waals surface area contributed by atoms with Gasteiger partial charge < -0.3 is 4.74 Å². The van der Waals surface area contributed by atoms with Crippen LogP contribution in [0.1, 0.15) is 20.8 Å². The Kier molecular flexibility index (Phi) is 3.83. The average Bonchev–Trinajstić information content (AvgIpc) is 1.65. The van der Waals surface area contributed by atoms with Gasteiger partial charge in [0.15, 0.2) is 0 Å². The summed E-state index contributed by atoms with van der Waals surface area (Å²) < 4.78 is 5.21. The number of rotatable bonds is 3. The van der Waals surface area contributed by atoms with Gasteiger partial charge in [-0.15, -0.1) is 0 Å². The third-order valence-electron chi connectivity index (χ3n) is 0.792. The van der Waals surface area contributed by atoms with Crippen molar-refractivity contribution >= 4 is 0 Å². The topological polar surface area (TPSA) is 33.0 Å². The smallest absolute Gasteiger partial charge is 0.0688 e. The summed E-state index contributed by atoms with van der Waals surface area (Å²) in [6.45, 7) is 6.23. The van der Waals surface area contributed by atoms with E-state index in [4.69, 9.17) is 10.5 Å². The van der Waals surface area contributed by atoms with Gasteiger partial charge in [-0.3, -0.25) is 5.73 Å². The van der Waals surface area contributed by atoms with Gasteiger partial charge in [0, 0.05) is 6.54 Å². The van der Waals surface area contributed by atoms with E-state index in [2.05, 4.69) is 0 Å². The molecule has 0 aliphatic heterocycles. The molecule has 1 unspecified atom stereocenters. The van der Waals surface area contributed by atoms with Crippen LogP contribution in [0.25, 0.3) is 0 Å². The molecule has 8 heavy (non-hydrogen) atoms. The Labute approximate surface area is 51.0 Å². The second kappa shape index (κ2) is 3.87. The molecule has 0 aromatic carbocycles. The van der Waals surface area contributed by atoms with Crippen LogP contribution in [-0.4, -0.2) is 18.8 Å². The molecule has 2 heteroatoms. The summed E-state index contributed by atoms with van der Waals surface area (Å²) in [5.74, 6) is 0. The molecule has 1 atom stereocenters. The molecule has 0 aromatic heterocycles. The highest BCUT2D eigenvalue weighted by molar-refractivity contribution is 4.49. The van der Waals surface area contributed by atoms with Gasteiger partial charge in [0.05, 0.1) is 12.2 Å². The Morgan fingerprint density at radius 1 is 1.38 bits per heavy atom. The first-order valence-corrected chi connectivity index (χ1v) is 2.97. The molecule has 1 radical (unpaired) electrons. The van der Waals surface area contributed by atoms with Crippen LogP contribution in [0.4, 0.5) is 0 Å². The van der Waals surface area contributed by atoms with Crippen molar-refractivity contribution in [2.24, 2.45) is 0 Å². The van der Waals surface area contributed by atoms with E-state index < -0.39 is 0 Å². The molecule has 0 heterocycles. The lowest BCUT2D eigenvalue weighted by Gasteiger charge is -2.12. The molecule has 0 aliphatic rings. The fraction of sp³-hybridized carbons (Fsp3) is 1.00. The minimum Gasteiger partial charge on any atom is -0.374 e. The van der Waals surface area contributed by atoms with Crippen molar-refractivity contribution in [3.63, 3.8) is 0 Å². The Morgan fingerprint density at radius 3 is 2.00 bits per heavy atom. The highest BCUT2D eigenvalue weighted by atomic mass is 16.5. The van der Waals surface area contributed by atoms with E-state index in [1.807, 2.05) is 20.8 Å². The summed E-state index contributed by atoms with van der Waals surface area (Å²) in [7, 11) is 0. The summed E-state index contributed by atoms with van der Waals surface area (Å²) in [4.78, 5) is 0. The van der Waals surface area contributed by atoms with E-state index >= 15 is 0 Å². The molecule has 0 aromatic rings. The Balaban J connectivity index is 3.10. The van der Waals surface area contributed by atoms with E-state index in [0.717, 1.165) is 0 Å². The second-order valence-electron chi connectivity index (χ2n) is 2.20. The van der Waals surface area contributed by atoms with Crippen LogP contribution in [0.3, 0.4) is 0 Å². The maximum Gasteiger partial charge on any atom is 0.0688 e.